The van der Waals surface area contributed by atoms with Crippen LogP contribution in [-0.2, 0) is 10.9 Å². The van der Waals surface area contributed by atoms with Gasteiger partial charge in [0.05, 0.1) is 30.0 Å². The summed E-state index contributed by atoms with van der Waals surface area (Å²) >= 11 is 0. The molecule has 2 aromatic carbocycles. The van der Waals surface area contributed by atoms with E-state index < -0.39 is 8.32 Å². The lowest BCUT2D eigenvalue weighted by Gasteiger charge is -2.44. The molecule has 5 rings (SSSR count). The molecule has 38 heavy (non-hydrogen) atoms. The van der Waals surface area contributed by atoms with Crippen molar-refractivity contribution in [2.24, 2.45) is 0 Å². The van der Waals surface area contributed by atoms with Crippen LogP contribution in [0.4, 0.5) is 5.69 Å². The minimum atomic E-state index is -1.96. The Kier molecular flexibility index (Phi) is 7.37. The summed E-state index contributed by atoms with van der Waals surface area (Å²) in [5.74, 6) is 0.110. The molecule has 0 unspecified atom stereocenters. The van der Waals surface area contributed by atoms with Crippen LogP contribution in [0.5, 0.6) is 0 Å². The van der Waals surface area contributed by atoms with Crippen molar-refractivity contribution in [3.8, 4) is 0 Å². The van der Waals surface area contributed by atoms with Crippen LogP contribution < -0.4 is 10.8 Å². The van der Waals surface area contributed by atoms with Crippen LogP contribution in [0, 0.1) is 6.92 Å². The lowest BCUT2D eigenvalue weighted by Crippen LogP contribution is -2.58. The molecule has 1 amide bonds. The molecule has 2 N–H and O–H groups in total. The Morgan fingerprint density at radius 3 is 2.55 bits per heavy atom. The molecule has 202 valence electrons. The molecule has 6 nitrogen and oxygen atoms in total. The van der Waals surface area contributed by atoms with Gasteiger partial charge in [-0.05, 0) is 73.0 Å². The van der Waals surface area contributed by atoms with Gasteiger partial charge in [0.2, 0.25) is 8.32 Å². The highest BCUT2D eigenvalue weighted by Crippen LogP contribution is 2.38. The second kappa shape index (κ2) is 10.4. The predicted molar refractivity (Wildman–Crippen MR) is 158 cm³/mol. The Bertz CT molecular complexity index is 1320. The quantitative estimate of drug-likeness (QED) is 0.271. The second-order valence-electron chi connectivity index (χ2n) is 12.5. The third-order valence-corrected chi connectivity index (χ3v) is 13.1. The Hall–Kier alpha value is -2.74. The number of amides is 1. The maximum Gasteiger partial charge on any atom is 0.257 e. The number of hydroxylamine groups is 1. The van der Waals surface area contributed by atoms with Crippen LogP contribution >= 0.6 is 0 Å². The Morgan fingerprint density at radius 2 is 1.84 bits per heavy atom. The van der Waals surface area contributed by atoms with Gasteiger partial charge >= 0.3 is 0 Å². The van der Waals surface area contributed by atoms with Crippen LogP contribution in [0.2, 0.25) is 18.1 Å². The number of nitrogens with one attached hydrogen (secondary N) is 2. The highest BCUT2D eigenvalue weighted by Gasteiger charge is 2.41. The SMILES string of the molecule is Cc1ccc(Cc2cc3c(c4ccccc24)NCN([C@H]2CCCC[C@@H]2NO[Si](C)(C)C(C)(C)C)C3=O)cn1. The van der Waals surface area contributed by atoms with Gasteiger partial charge in [0.15, 0.2) is 0 Å². The molecule has 0 bridgehead atoms. The van der Waals surface area contributed by atoms with Crippen molar-refractivity contribution in [2.75, 3.05) is 12.0 Å². The summed E-state index contributed by atoms with van der Waals surface area (Å²) in [4.78, 5) is 20.7. The molecular weight excluding hydrogens is 488 g/mol. The van der Waals surface area contributed by atoms with Gasteiger partial charge in [-0.3, -0.25) is 9.78 Å². The number of benzene rings is 2. The van der Waals surface area contributed by atoms with Gasteiger partial charge in [-0.1, -0.05) is 63.9 Å². The van der Waals surface area contributed by atoms with Crippen molar-refractivity contribution < 1.29 is 9.32 Å². The molecule has 1 fully saturated rings. The van der Waals surface area contributed by atoms with E-state index in [2.05, 4.69) is 86.0 Å². The summed E-state index contributed by atoms with van der Waals surface area (Å²) in [6.07, 6.45) is 6.96. The van der Waals surface area contributed by atoms with E-state index in [1.807, 2.05) is 24.1 Å². The third-order valence-electron chi connectivity index (χ3n) is 8.82. The molecule has 0 saturated heterocycles. The minimum absolute atomic E-state index is 0.0953. The maximum atomic E-state index is 14.1. The molecular formula is C31H42N4O2Si. The van der Waals surface area contributed by atoms with E-state index in [0.717, 1.165) is 65.6 Å². The lowest BCUT2D eigenvalue weighted by molar-refractivity contribution is 0.0367. The summed E-state index contributed by atoms with van der Waals surface area (Å²) in [5, 5.41) is 6.04. The molecule has 1 aliphatic carbocycles. The summed E-state index contributed by atoms with van der Waals surface area (Å²) < 4.78 is 6.44. The highest BCUT2D eigenvalue weighted by molar-refractivity contribution is 6.74. The van der Waals surface area contributed by atoms with Gasteiger partial charge in [0, 0.05) is 17.3 Å². The number of rotatable bonds is 6. The van der Waals surface area contributed by atoms with Crippen molar-refractivity contribution in [2.45, 2.75) is 90.0 Å². The molecule has 3 aromatic rings. The predicted octanol–water partition coefficient (Wildman–Crippen LogP) is 6.80. The van der Waals surface area contributed by atoms with E-state index >= 15 is 0 Å². The van der Waals surface area contributed by atoms with Crippen molar-refractivity contribution in [3.63, 3.8) is 0 Å². The molecule has 0 radical (unpaired) electrons. The van der Waals surface area contributed by atoms with Crippen molar-refractivity contribution >= 4 is 30.7 Å². The first kappa shape index (κ1) is 26.8. The smallest absolute Gasteiger partial charge is 0.257 e. The van der Waals surface area contributed by atoms with Gasteiger partial charge in [0.25, 0.3) is 5.91 Å². The maximum absolute atomic E-state index is 14.1. The topological polar surface area (TPSA) is 66.5 Å². The summed E-state index contributed by atoms with van der Waals surface area (Å²) in [6.45, 7) is 13.8. The van der Waals surface area contributed by atoms with Gasteiger partial charge in [-0.2, -0.15) is 0 Å². The molecule has 2 aliphatic rings. The van der Waals surface area contributed by atoms with Crippen LogP contribution in [0.25, 0.3) is 10.8 Å². The summed E-state index contributed by atoms with van der Waals surface area (Å²) in [5.41, 5.74) is 8.49. The van der Waals surface area contributed by atoms with Crippen LogP contribution in [0.1, 0.15) is 73.6 Å². The highest BCUT2D eigenvalue weighted by atomic mass is 28.4. The zero-order valence-corrected chi connectivity index (χ0v) is 24.7. The van der Waals surface area contributed by atoms with Gasteiger partial charge < -0.3 is 14.7 Å². The monoisotopic (exact) mass is 530 g/mol. The standard InChI is InChI=1S/C31H42N4O2Si/c1-21-15-16-22(19-32-21)17-23-18-26-29(25-12-8-7-11-24(23)25)33-20-35(30(26)36)28-14-10-9-13-27(28)34-37-38(5,6)31(2,3)4/h7-8,11-12,15-16,18-19,27-28,33-34H,9-10,13-14,17,20H2,1-6H3/t27-,28-/m0/s1. The average molecular weight is 531 g/mol. The number of aryl methyl sites for hydroxylation is 1. The van der Waals surface area contributed by atoms with Crippen molar-refractivity contribution in [3.05, 3.63) is 71.0 Å². The van der Waals surface area contributed by atoms with Gasteiger partial charge in [-0.25, -0.2) is 5.48 Å². The third kappa shape index (κ3) is 5.24. The minimum Gasteiger partial charge on any atom is -0.366 e. The van der Waals surface area contributed by atoms with E-state index in [0.29, 0.717) is 6.67 Å². The zero-order chi connectivity index (χ0) is 27.1. The Morgan fingerprint density at radius 1 is 1.11 bits per heavy atom. The largest absolute Gasteiger partial charge is 0.366 e. The fraction of sp³-hybridized carbons (Fsp3) is 0.484. The average Bonchev–Trinajstić information content (AvgIpc) is 2.89. The van der Waals surface area contributed by atoms with Gasteiger partial charge in [-0.15, -0.1) is 0 Å². The van der Waals surface area contributed by atoms with Crippen LogP contribution in [0.15, 0.2) is 48.7 Å². The van der Waals surface area contributed by atoms with Crippen molar-refractivity contribution in [1.29, 1.82) is 0 Å². The number of pyridine rings is 1. The van der Waals surface area contributed by atoms with Crippen LogP contribution in [0.3, 0.4) is 0 Å². The molecule has 1 aliphatic heterocycles. The molecule has 2 atom stereocenters. The Labute approximate surface area is 228 Å². The Balaban J connectivity index is 1.44. The molecule has 1 saturated carbocycles. The number of nitrogens with zero attached hydrogens (tertiary/aromatic N) is 2. The zero-order valence-electron chi connectivity index (χ0n) is 23.7. The normalized spacial score (nSPS) is 20.4. The van der Waals surface area contributed by atoms with E-state index in [1.54, 1.807) is 0 Å². The first-order valence-electron chi connectivity index (χ1n) is 14.0. The molecule has 2 heterocycles. The summed E-state index contributed by atoms with van der Waals surface area (Å²) in [7, 11) is -1.96. The molecule has 7 heteroatoms. The van der Waals surface area contributed by atoms with Gasteiger partial charge in [0.1, 0.15) is 0 Å². The fourth-order valence-corrected chi connectivity index (χ4v) is 6.19. The van der Waals surface area contributed by atoms with Crippen LogP contribution in [-0.4, -0.2) is 42.9 Å². The molecule has 0 spiro atoms. The first-order valence-corrected chi connectivity index (χ1v) is 16.9. The van der Waals surface area contributed by atoms with E-state index in [-0.39, 0.29) is 23.0 Å². The summed E-state index contributed by atoms with van der Waals surface area (Å²) in [6, 6.07) is 14.9. The van der Waals surface area contributed by atoms with E-state index in [4.69, 9.17) is 4.53 Å². The van der Waals surface area contributed by atoms with Crippen molar-refractivity contribution in [1.82, 2.24) is 15.4 Å². The lowest BCUT2D eigenvalue weighted by atomic mass is 9.88. The first-order chi connectivity index (χ1) is 18.0. The number of hydrogen-bond donors (Lipinski definition) is 2. The number of anilines is 1. The number of carbonyl (C=O) groups is 1. The number of hydrogen-bond acceptors (Lipinski definition) is 5. The number of aromatic nitrogens is 1. The number of carbonyl (C=O) groups excluding carboxylic acids is 1. The second-order valence-corrected chi connectivity index (χ2v) is 17.3. The number of fused-ring (bicyclic) bond motifs is 3. The fourth-order valence-electron chi connectivity index (χ4n) is 5.44. The molecule has 1 aromatic heterocycles. The van der Waals surface area contributed by atoms with E-state index in [9.17, 15) is 4.79 Å². The van der Waals surface area contributed by atoms with E-state index in [1.165, 1.54) is 5.39 Å².